The molecule has 1 saturated heterocycles. The molecule has 1 aromatic carbocycles. The van der Waals surface area contributed by atoms with Crippen LogP contribution in [0.15, 0.2) is 24.3 Å². The first kappa shape index (κ1) is 19.1. The van der Waals surface area contributed by atoms with Gasteiger partial charge in [-0.25, -0.2) is 13.9 Å². The number of benzene rings is 1. The number of carbonyl (C=O) groups is 3. The number of aromatic nitrogens is 2. The van der Waals surface area contributed by atoms with Gasteiger partial charge in [-0.2, -0.15) is 5.10 Å². The zero-order chi connectivity index (χ0) is 20.8. The molecule has 2 heterocycles. The molecule has 2 aliphatic rings. The van der Waals surface area contributed by atoms with Gasteiger partial charge >= 0.3 is 6.03 Å². The molecular formula is C20H22FN5O3. The van der Waals surface area contributed by atoms with Crippen LogP contribution in [0.3, 0.4) is 0 Å². The van der Waals surface area contributed by atoms with E-state index in [1.54, 1.807) is 12.1 Å². The number of hydrogen-bond donors (Lipinski definition) is 3. The number of nitrogens with one attached hydrogen (secondary N) is 3. The topological polar surface area (TPSA) is 105 Å². The third kappa shape index (κ3) is 3.48. The maximum Gasteiger partial charge on any atom is 0.322 e. The normalized spacial score (nSPS) is 23.8. The van der Waals surface area contributed by atoms with Gasteiger partial charge in [-0.3, -0.25) is 14.9 Å². The van der Waals surface area contributed by atoms with Gasteiger partial charge in [-0.15, -0.1) is 0 Å². The molecule has 1 spiro atoms. The lowest BCUT2D eigenvalue weighted by atomic mass is 9.76. The second kappa shape index (κ2) is 6.98. The molecule has 0 radical (unpaired) electrons. The van der Waals surface area contributed by atoms with Crippen molar-refractivity contribution in [2.24, 2.45) is 5.92 Å². The Bertz CT molecular complexity index is 1010. The van der Waals surface area contributed by atoms with Crippen LogP contribution < -0.4 is 16.0 Å². The molecule has 8 nitrogen and oxygen atoms in total. The third-order valence-electron chi connectivity index (χ3n) is 5.68. The van der Waals surface area contributed by atoms with E-state index in [2.05, 4.69) is 21.0 Å². The van der Waals surface area contributed by atoms with Crippen molar-refractivity contribution in [2.75, 3.05) is 5.32 Å². The van der Waals surface area contributed by atoms with Gasteiger partial charge in [-0.1, -0.05) is 0 Å². The van der Waals surface area contributed by atoms with Crippen LogP contribution in [0.5, 0.6) is 0 Å². The quantitative estimate of drug-likeness (QED) is 0.689. The van der Waals surface area contributed by atoms with E-state index in [9.17, 15) is 18.8 Å². The van der Waals surface area contributed by atoms with E-state index in [1.165, 1.54) is 10.7 Å². The van der Waals surface area contributed by atoms with E-state index < -0.39 is 17.4 Å². The first-order valence-electron chi connectivity index (χ1n) is 9.55. The Labute approximate surface area is 166 Å². The zero-order valence-corrected chi connectivity index (χ0v) is 16.2. The van der Waals surface area contributed by atoms with E-state index in [0.29, 0.717) is 37.1 Å². The molecule has 3 N–H and O–H groups in total. The standard InChI is InChI=1S/C20H22FN5O3/c1-11-9-12(2)26(25-11)16-4-3-14(10-15(16)21)22-17(27)13-5-7-20(8-6-13)18(28)23-19(29)24-20/h3-4,9-10,13H,5-8H2,1-2H3,(H,22,27)(H2,23,24,28,29). The Kier molecular flexibility index (Phi) is 4.60. The number of halogens is 1. The maximum absolute atomic E-state index is 14.6. The minimum atomic E-state index is -0.901. The number of amides is 4. The Balaban J connectivity index is 1.42. The SMILES string of the molecule is Cc1cc(C)n(-c2ccc(NC(=O)C3CCC4(CC3)NC(=O)NC4=O)cc2F)n1. The fourth-order valence-electron chi connectivity index (χ4n) is 4.13. The van der Waals surface area contributed by atoms with E-state index in [4.69, 9.17) is 0 Å². The number of nitrogens with zero attached hydrogens (tertiary/aromatic N) is 2. The van der Waals surface area contributed by atoms with Gasteiger partial charge in [0.15, 0.2) is 5.82 Å². The number of hydrogen-bond acceptors (Lipinski definition) is 4. The van der Waals surface area contributed by atoms with Crippen LogP contribution in [0.4, 0.5) is 14.9 Å². The number of urea groups is 1. The summed E-state index contributed by atoms with van der Waals surface area (Å²) in [5.74, 6) is -1.34. The van der Waals surface area contributed by atoms with Gasteiger partial charge in [0.05, 0.1) is 5.69 Å². The Morgan fingerprint density at radius 3 is 2.52 bits per heavy atom. The second-order valence-electron chi connectivity index (χ2n) is 7.76. The highest BCUT2D eigenvalue weighted by Crippen LogP contribution is 2.35. The van der Waals surface area contributed by atoms with Crippen LogP contribution in [0.2, 0.25) is 0 Å². The molecule has 1 aliphatic carbocycles. The van der Waals surface area contributed by atoms with Crippen molar-refractivity contribution < 1.29 is 18.8 Å². The van der Waals surface area contributed by atoms with Crippen LogP contribution in [0.25, 0.3) is 5.69 Å². The fourth-order valence-corrected chi connectivity index (χ4v) is 4.13. The number of imide groups is 1. The summed E-state index contributed by atoms with van der Waals surface area (Å²) in [5.41, 5.74) is 1.39. The van der Waals surface area contributed by atoms with Gasteiger partial charge in [0.25, 0.3) is 5.91 Å². The molecular weight excluding hydrogens is 377 g/mol. The molecule has 1 aromatic heterocycles. The Morgan fingerprint density at radius 2 is 1.97 bits per heavy atom. The van der Waals surface area contributed by atoms with E-state index in [1.807, 2.05) is 19.9 Å². The lowest BCUT2D eigenvalue weighted by Crippen LogP contribution is -2.50. The second-order valence-corrected chi connectivity index (χ2v) is 7.76. The van der Waals surface area contributed by atoms with E-state index >= 15 is 0 Å². The minimum absolute atomic E-state index is 0.220. The van der Waals surface area contributed by atoms with Crippen molar-refractivity contribution in [3.8, 4) is 5.69 Å². The molecule has 4 rings (SSSR count). The number of carbonyl (C=O) groups excluding carboxylic acids is 3. The van der Waals surface area contributed by atoms with E-state index in [0.717, 1.165) is 11.4 Å². The highest BCUT2D eigenvalue weighted by atomic mass is 19.1. The van der Waals surface area contributed by atoms with Gasteiger partial charge in [-0.05, 0) is 63.8 Å². The van der Waals surface area contributed by atoms with Gasteiger partial charge < -0.3 is 10.6 Å². The van der Waals surface area contributed by atoms with Crippen molar-refractivity contribution in [1.29, 1.82) is 0 Å². The molecule has 0 unspecified atom stereocenters. The van der Waals surface area contributed by atoms with Gasteiger partial charge in [0.2, 0.25) is 5.91 Å². The summed E-state index contributed by atoms with van der Waals surface area (Å²) in [6.45, 7) is 3.68. The van der Waals surface area contributed by atoms with Crippen molar-refractivity contribution in [1.82, 2.24) is 20.4 Å². The predicted octanol–water partition coefficient (Wildman–Crippen LogP) is 2.34. The summed E-state index contributed by atoms with van der Waals surface area (Å²) in [6.07, 6.45) is 1.72. The summed E-state index contributed by atoms with van der Waals surface area (Å²) in [6, 6.07) is 5.87. The first-order valence-corrected chi connectivity index (χ1v) is 9.55. The monoisotopic (exact) mass is 399 g/mol. The molecule has 1 saturated carbocycles. The fraction of sp³-hybridized carbons (Fsp3) is 0.400. The number of aryl methyl sites for hydroxylation is 2. The average molecular weight is 399 g/mol. The largest absolute Gasteiger partial charge is 0.326 e. The first-order chi connectivity index (χ1) is 13.8. The smallest absolute Gasteiger partial charge is 0.322 e. The predicted molar refractivity (Wildman–Crippen MR) is 103 cm³/mol. The molecule has 29 heavy (non-hydrogen) atoms. The summed E-state index contributed by atoms with van der Waals surface area (Å²) < 4.78 is 16.1. The van der Waals surface area contributed by atoms with Crippen molar-refractivity contribution in [3.05, 3.63) is 41.5 Å². The molecule has 0 bridgehead atoms. The van der Waals surface area contributed by atoms with Crippen molar-refractivity contribution in [3.63, 3.8) is 0 Å². The van der Waals surface area contributed by atoms with Crippen LogP contribution in [0, 0.1) is 25.6 Å². The summed E-state index contributed by atoms with van der Waals surface area (Å²) in [5, 5.41) is 12.0. The van der Waals surface area contributed by atoms with Crippen molar-refractivity contribution >= 4 is 23.5 Å². The lowest BCUT2D eigenvalue weighted by molar-refractivity contribution is -0.128. The highest BCUT2D eigenvalue weighted by molar-refractivity contribution is 6.07. The molecule has 4 amide bonds. The molecule has 2 aromatic rings. The van der Waals surface area contributed by atoms with Crippen molar-refractivity contribution in [2.45, 2.75) is 45.1 Å². The summed E-state index contributed by atoms with van der Waals surface area (Å²) in [7, 11) is 0. The van der Waals surface area contributed by atoms with Crippen LogP contribution in [-0.4, -0.2) is 33.2 Å². The maximum atomic E-state index is 14.6. The Morgan fingerprint density at radius 1 is 1.24 bits per heavy atom. The third-order valence-corrected chi connectivity index (χ3v) is 5.68. The molecule has 152 valence electrons. The number of anilines is 1. The summed E-state index contributed by atoms with van der Waals surface area (Å²) >= 11 is 0. The molecule has 9 heteroatoms. The molecule has 0 atom stereocenters. The zero-order valence-electron chi connectivity index (χ0n) is 16.2. The molecule has 1 aliphatic heterocycles. The van der Waals surface area contributed by atoms with Gasteiger partial charge in [0.1, 0.15) is 11.2 Å². The van der Waals surface area contributed by atoms with E-state index in [-0.39, 0.29) is 17.7 Å². The minimum Gasteiger partial charge on any atom is -0.326 e. The average Bonchev–Trinajstić information content (AvgIpc) is 3.13. The van der Waals surface area contributed by atoms with Gasteiger partial charge in [0, 0.05) is 17.3 Å². The molecule has 2 fully saturated rings. The lowest BCUT2D eigenvalue weighted by Gasteiger charge is -2.33. The highest BCUT2D eigenvalue weighted by Gasteiger charge is 2.48. The summed E-state index contributed by atoms with van der Waals surface area (Å²) in [4.78, 5) is 36.0. The van der Waals surface area contributed by atoms with Crippen LogP contribution in [0.1, 0.15) is 37.1 Å². The Hall–Kier alpha value is -3.23. The number of rotatable bonds is 3. The van der Waals surface area contributed by atoms with Crippen LogP contribution >= 0.6 is 0 Å². The van der Waals surface area contributed by atoms with Crippen LogP contribution in [-0.2, 0) is 9.59 Å².